The first-order valence-corrected chi connectivity index (χ1v) is 5.25. The van der Waals surface area contributed by atoms with Gasteiger partial charge in [-0.1, -0.05) is 0 Å². The lowest BCUT2D eigenvalue weighted by Crippen LogP contribution is -2.04. The molecule has 2 aromatic rings. The first kappa shape index (κ1) is 11.6. The SMILES string of the molecule is O=C(O)c1nc(-c2ccc(F)cn2)ncc1Br. The van der Waals surface area contributed by atoms with Crippen molar-refractivity contribution in [3.8, 4) is 11.5 Å². The summed E-state index contributed by atoms with van der Waals surface area (Å²) in [5.41, 5.74) is 0.141. The lowest BCUT2D eigenvalue weighted by molar-refractivity contribution is 0.0689. The molecule has 0 atom stereocenters. The Morgan fingerprint density at radius 1 is 1.29 bits per heavy atom. The molecule has 0 aliphatic rings. The first-order valence-electron chi connectivity index (χ1n) is 4.45. The van der Waals surface area contributed by atoms with Gasteiger partial charge in [0.2, 0.25) is 0 Å². The van der Waals surface area contributed by atoms with E-state index in [9.17, 15) is 9.18 Å². The van der Waals surface area contributed by atoms with Gasteiger partial charge in [0.15, 0.2) is 11.5 Å². The van der Waals surface area contributed by atoms with E-state index in [1.807, 2.05) is 0 Å². The molecule has 1 N–H and O–H groups in total. The maximum atomic E-state index is 12.7. The molecule has 0 saturated heterocycles. The molecule has 0 bridgehead atoms. The number of aromatic nitrogens is 3. The van der Waals surface area contributed by atoms with Gasteiger partial charge >= 0.3 is 5.97 Å². The van der Waals surface area contributed by atoms with Gasteiger partial charge in [0.25, 0.3) is 0 Å². The summed E-state index contributed by atoms with van der Waals surface area (Å²) in [6, 6.07) is 2.58. The number of carboxylic acid groups (broad SMARTS) is 1. The molecule has 2 heterocycles. The van der Waals surface area contributed by atoms with Crippen molar-refractivity contribution in [3.63, 3.8) is 0 Å². The molecule has 0 aliphatic heterocycles. The summed E-state index contributed by atoms with van der Waals surface area (Å²) in [5, 5.41) is 8.88. The van der Waals surface area contributed by atoms with E-state index in [-0.39, 0.29) is 16.0 Å². The van der Waals surface area contributed by atoms with Crippen LogP contribution < -0.4 is 0 Å². The number of nitrogens with zero attached hydrogens (tertiary/aromatic N) is 3. The Morgan fingerprint density at radius 2 is 2.06 bits per heavy atom. The fourth-order valence-corrected chi connectivity index (χ4v) is 1.51. The minimum Gasteiger partial charge on any atom is -0.476 e. The standard InChI is InChI=1S/C10H5BrFN3O2/c11-6-4-14-9(15-8(6)10(16)17)7-2-1-5(12)3-13-7/h1-4H,(H,16,17). The van der Waals surface area contributed by atoms with Crippen molar-refractivity contribution in [2.24, 2.45) is 0 Å². The van der Waals surface area contributed by atoms with Crippen LogP contribution in [0.15, 0.2) is 29.0 Å². The molecule has 86 valence electrons. The Bertz CT molecular complexity index is 574. The van der Waals surface area contributed by atoms with Crippen LogP contribution in [0, 0.1) is 5.82 Å². The number of aromatic carboxylic acids is 1. The number of carboxylic acids is 1. The van der Waals surface area contributed by atoms with E-state index >= 15 is 0 Å². The van der Waals surface area contributed by atoms with Gasteiger partial charge in [-0.25, -0.2) is 24.1 Å². The summed E-state index contributed by atoms with van der Waals surface area (Å²) < 4.78 is 12.9. The molecule has 0 spiro atoms. The molecule has 17 heavy (non-hydrogen) atoms. The number of carbonyl (C=O) groups is 1. The Morgan fingerprint density at radius 3 is 2.65 bits per heavy atom. The van der Waals surface area contributed by atoms with Crippen LogP contribution in [0.5, 0.6) is 0 Å². The molecule has 0 saturated carbocycles. The summed E-state index contributed by atoms with van der Waals surface area (Å²) in [5.74, 6) is -1.53. The zero-order valence-corrected chi connectivity index (χ0v) is 9.85. The van der Waals surface area contributed by atoms with Crippen LogP contribution >= 0.6 is 15.9 Å². The molecule has 0 radical (unpaired) electrons. The zero-order valence-electron chi connectivity index (χ0n) is 8.26. The monoisotopic (exact) mass is 297 g/mol. The maximum absolute atomic E-state index is 12.7. The highest BCUT2D eigenvalue weighted by atomic mass is 79.9. The van der Waals surface area contributed by atoms with E-state index < -0.39 is 11.8 Å². The second kappa shape index (κ2) is 4.54. The van der Waals surface area contributed by atoms with Gasteiger partial charge in [-0.2, -0.15) is 0 Å². The van der Waals surface area contributed by atoms with Crippen molar-refractivity contribution in [1.82, 2.24) is 15.0 Å². The summed E-state index contributed by atoms with van der Waals surface area (Å²) >= 11 is 3.03. The highest BCUT2D eigenvalue weighted by Crippen LogP contribution is 2.18. The lowest BCUT2D eigenvalue weighted by atomic mass is 10.3. The summed E-state index contributed by atoms with van der Waals surface area (Å²) in [7, 11) is 0. The Labute approximate surface area is 104 Å². The van der Waals surface area contributed by atoms with Gasteiger partial charge in [0.05, 0.1) is 10.7 Å². The van der Waals surface area contributed by atoms with Crippen LogP contribution in [0.1, 0.15) is 10.5 Å². The molecule has 0 aromatic carbocycles. The fraction of sp³-hybridized carbons (Fsp3) is 0. The average molecular weight is 298 g/mol. The van der Waals surface area contributed by atoms with Crippen molar-refractivity contribution in [3.05, 3.63) is 40.5 Å². The van der Waals surface area contributed by atoms with Gasteiger partial charge in [-0.05, 0) is 28.1 Å². The first-order chi connectivity index (χ1) is 8.08. The van der Waals surface area contributed by atoms with E-state index in [4.69, 9.17) is 5.11 Å². The molecule has 5 nitrogen and oxygen atoms in total. The van der Waals surface area contributed by atoms with Crippen LogP contribution in [-0.4, -0.2) is 26.0 Å². The van der Waals surface area contributed by atoms with Gasteiger partial charge in [0, 0.05) is 6.20 Å². The van der Waals surface area contributed by atoms with Crippen molar-refractivity contribution in [1.29, 1.82) is 0 Å². The predicted molar refractivity (Wildman–Crippen MR) is 59.9 cm³/mol. The highest BCUT2D eigenvalue weighted by Gasteiger charge is 2.13. The number of halogens is 2. The molecule has 0 aliphatic carbocycles. The van der Waals surface area contributed by atoms with Gasteiger partial charge < -0.3 is 5.11 Å². The topological polar surface area (TPSA) is 76.0 Å². The molecule has 7 heteroatoms. The zero-order chi connectivity index (χ0) is 12.4. The molecule has 0 amide bonds. The maximum Gasteiger partial charge on any atom is 0.355 e. The predicted octanol–water partition coefficient (Wildman–Crippen LogP) is 2.14. The van der Waals surface area contributed by atoms with Gasteiger partial charge in [-0.3, -0.25) is 0 Å². The van der Waals surface area contributed by atoms with E-state index in [2.05, 4.69) is 30.9 Å². The third-order valence-electron chi connectivity index (χ3n) is 1.90. The van der Waals surface area contributed by atoms with Crippen molar-refractivity contribution < 1.29 is 14.3 Å². The molecule has 0 fully saturated rings. The lowest BCUT2D eigenvalue weighted by Gasteiger charge is -2.02. The van der Waals surface area contributed by atoms with E-state index in [0.717, 1.165) is 6.20 Å². The normalized spacial score (nSPS) is 10.2. The Hall–Kier alpha value is -1.89. The smallest absolute Gasteiger partial charge is 0.355 e. The third kappa shape index (κ3) is 2.44. The van der Waals surface area contributed by atoms with Gasteiger partial charge in [0.1, 0.15) is 11.5 Å². The number of hydrogen-bond donors (Lipinski definition) is 1. The fourth-order valence-electron chi connectivity index (χ4n) is 1.15. The molecule has 2 rings (SSSR count). The van der Waals surface area contributed by atoms with E-state index in [0.29, 0.717) is 5.69 Å². The summed E-state index contributed by atoms with van der Waals surface area (Å²) in [4.78, 5) is 22.4. The highest BCUT2D eigenvalue weighted by molar-refractivity contribution is 9.10. The van der Waals surface area contributed by atoms with Crippen LogP contribution in [0.2, 0.25) is 0 Å². The van der Waals surface area contributed by atoms with Crippen molar-refractivity contribution in [2.75, 3.05) is 0 Å². The molecular weight excluding hydrogens is 293 g/mol. The van der Waals surface area contributed by atoms with Crippen LogP contribution in [0.3, 0.4) is 0 Å². The van der Waals surface area contributed by atoms with Crippen molar-refractivity contribution in [2.45, 2.75) is 0 Å². The quantitative estimate of drug-likeness (QED) is 0.919. The van der Waals surface area contributed by atoms with E-state index in [1.54, 1.807) is 0 Å². The van der Waals surface area contributed by atoms with Crippen molar-refractivity contribution >= 4 is 21.9 Å². The number of pyridine rings is 1. The average Bonchev–Trinajstić information content (AvgIpc) is 2.30. The largest absolute Gasteiger partial charge is 0.476 e. The van der Waals surface area contributed by atoms with Crippen LogP contribution in [0.4, 0.5) is 4.39 Å². The summed E-state index contributed by atoms with van der Waals surface area (Å²) in [6.45, 7) is 0. The van der Waals surface area contributed by atoms with E-state index in [1.165, 1.54) is 18.3 Å². The second-order valence-electron chi connectivity index (χ2n) is 3.06. The Balaban J connectivity index is 2.50. The second-order valence-corrected chi connectivity index (χ2v) is 3.91. The van der Waals surface area contributed by atoms with Gasteiger partial charge in [-0.15, -0.1) is 0 Å². The molecular formula is C10H5BrFN3O2. The molecule has 0 unspecified atom stereocenters. The molecule has 2 aromatic heterocycles. The number of hydrogen-bond acceptors (Lipinski definition) is 4. The Kier molecular flexibility index (Phi) is 3.10. The minimum atomic E-state index is -1.18. The van der Waals surface area contributed by atoms with Crippen LogP contribution in [0.25, 0.3) is 11.5 Å². The third-order valence-corrected chi connectivity index (χ3v) is 2.48. The number of rotatable bonds is 2. The minimum absolute atomic E-state index is 0.130. The van der Waals surface area contributed by atoms with Crippen LogP contribution in [-0.2, 0) is 0 Å². The summed E-state index contributed by atoms with van der Waals surface area (Å²) in [6.07, 6.45) is 2.33.